The minimum atomic E-state index is -0.280. The Balaban J connectivity index is 1.62. The van der Waals surface area contributed by atoms with E-state index in [0.717, 1.165) is 17.9 Å². The molecule has 0 aromatic heterocycles. The SMILES string of the molecule is COc1ccc(O)c(/C=N\N2C(=O)[C@H]3[C@H](C2=O)[C@H]2C=C[C@H]3CC2)c1. The number of fused-ring (bicyclic) bond motifs is 1. The van der Waals surface area contributed by atoms with Gasteiger partial charge in [0, 0.05) is 5.56 Å². The highest BCUT2D eigenvalue weighted by Crippen LogP contribution is 2.49. The van der Waals surface area contributed by atoms with Gasteiger partial charge in [-0.2, -0.15) is 10.1 Å². The Morgan fingerprint density at radius 1 is 1.17 bits per heavy atom. The van der Waals surface area contributed by atoms with Gasteiger partial charge in [0.15, 0.2) is 0 Å². The second-order valence-electron chi connectivity index (χ2n) is 6.50. The summed E-state index contributed by atoms with van der Waals surface area (Å²) in [5.41, 5.74) is 0.394. The minimum absolute atomic E-state index is 0.0118. The zero-order chi connectivity index (χ0) is 16.8. The van der Waals surface area contributed by atoms with Gasteiger partial charge < -0.3 is 9.84 Å². The normalized spacial score (nSPS) is 31.1. The summed E-state index contributed by atoms with van der Waals surface area (Å²) in [5, 5.41) is 14.9. The summed E-state index contributed by atoms with van der Waals surface area (Å²) in [4.78, 5) is 25.3. The van der Waals surface area contributed by atoms with Gasteiger partial charge in [-0.15, -0.1) is 0 Å². The molecule has 1 N–H and O–H groups in total. The fourth-order valence-electron chi connectivity index (χ4n) is 4.06. The molecule has 1 aromatic rings. The minimum Gasteiger partial charge on any atom is -0.507 e. The number of hydrogen-bond donors (Lipinski definition) is 1. The van der Waals surface area contributed by atoms with Gasteiger partial charge in [-0.25, -0.2) is 0 Å². The molecular formula is C18H18N2O4. The summed E-state index contributed by atoms with van der Waals surface area (Å²) in [7, 11) is 1.52. The first-order valence-electron chi connectivity index (χ1n) is 8.07. The van der Waals surface area contributed by atoms with E-state index in [1.165, 1.54) is 19.4 Å². The number of hydrogen-bond acceptors (Lipinski definition) is 5. The van der Waals surface area contributed by atoms with Gasteiger partial charge >= 0.3 is 0 Å². The number of allylic oxidation sites excluding steroid dienone is 2. The lowest BCUT2D eigenvalue weighted by Crippen LogP contribution is -2.38. The van der Waals surface area contributed by atoms with Gasteiger partial charge in [-0.3, -0.25) is 9.59 Å². The van der Waals surface area contributed by atoms with Crippen molar-refractivity contribution < 1.29 is 19.4 Å². The molecule has 24 heavy (non-hydrogen) atoms. The summed E-state index contributed by atoms with van der Waals surface area (Å²) in [6.07, 6.45) is 7.38. The zero-order valence-corrected chi connectivity index (χ0v) is 13.3. The maximum atomic E-state index is 12.6. The van der Waals surface area contributed by atoms with Crippen molar-refractivity contribution in [3.05, 3.63) is 35.9 Å². The summed E-state index contributed by atoms with van der Waals surface area (Å²) in [5.74, 6) is -0.175. The predicted octanol–water partition coefficient (Wildman–Crippen LogP) is 1.93. The van der Waals surface area contributed by atoms with E-state index in [2.05, 4.69) is 17.3 Å². The van der Waals surface area contributed by atoms with Crippen LogP contribution in [-0.4, -0.2) is 35.3 Å². The number of carbonyl (C=O) groups excluding carboxylic acids is 2. The molecule has 6 heteroatoms. The highest BCUT2D eigenvalue weighted by Gasteiger charge is 2.56. The van der Waals surface area contributed by atoms with Crippen LogP contribution in [0.4, 0.5) is 0 Å². The Hall–Kier alpha value is -2.63. The van der Waals surface area contributed by atoms with Crippen LogP contribution in [0.2, 0.25) is 0 Å². The number of phenolic OH excluding ortho intramolecular Hbond substituents is 1. The summed E-state index contributed by atoms with van der Waals surface area (Å²) in [6.45, 7) is 0. The van der Waals surface area contributed by atoms with Crippen LogP contribution in [0.1, 0.15) is 18.4 Å². The third-order valence-electron chi connectivity index (χ3n) is 5.28. The molecule has 2 bridgehead atoms. The molecule has 4 atom stereocenters. The van der Waals surface area contributed by atoms with Crippen molar-refractivity contribution in [3.63, 3.8) is 0 Å². The number of imide groups is 1. The van der Waals surface area contributed by atoms with E-state index >= 15 is 0 Å². The third kappa shape index (κ3) is 2.13. The molecule has 5 rings (SSSR count). The number of rotatable bonds is 3. The second kappa shape index (κ2) is 5.47. The molecule has 0 unspecified atom stereocenters. The second-order valence-corrected chi connectivity index (χ2v) is 6.50. The summed E-state index contributed by atoms with van der Waals surface area (Å²) < 4.78 is 5.11. The molecule has 2 fully saturated rings. The smallest absolute Gasteiger partial charge is 0.254 e. The van der Waals surface area contributed by atoms with Gasteiger partial charge in [0.2, 0.25) is 0 Å². The molecule has 124 valence electrons. The number of benzene rings is 1. The van der Waals surface area contributed by atoms with E-state index < -0.39 is 0 Å². The maximum Gasteiger partial charge on any atom is 0.254 e. The fraction of sp³-hybridized carbons (Fsp3) is 0.389. The quantitative estimate of drug-likeness (QED) is 0.523. The average molecular weight is 326 g/mol. The van der Waals surface area contributed by atoms with Gasteiger partial charge in [0.25, 0.3) is 11.8 Å². The number of amides is 2. The largest absolute Gasteiger partial charge is 0.507 e. The monoisotopic (exact) mass is 326 g/mol. The van der Waals surface area contributed by atoms with Gasteiger partial charge in [0.1, 0.15) is 11.5 Å². The lowest BCUT2D eigenvalue weighted by molar-refractivity contribution is -0.140. The first kappa shape index (κ1) is 14.9. The highest BCUT2D eigenvalue weighted by atomic mass is 16.5. The first-order chi connectivity index (χ1) is 11.6. The predicted molar refractivity (Wildman–Crippen MR) is 86.4 cm³/mol. The number of carbonyl (C=O) groups is 2. The molecule has 3 aliphatic carbocycles. The molecule has 1 saturated carbocycles. The molecule has 1 saturated heterocycles. The van der Waals surface area contributed by atoms with Crippen LogP contribution in [0.5, 0.6) is 11.5 Å². The third-order valence-corrected chi connectivity index (χ3v) is 5.28. The van der Waals surface area contributed by atoms with Crippen LogP contribution >= 0.6 is 0 Å². The Kier molecular flexibility index (Phi) is 3.40. The van der Waals surface area contributed by atoms with Crippen molar-refractivity contribution in [2.24, 2.45) is 28.8 Å². The highest BCUT2D eigenvalue weighted by molar-refractivity contribution is 6.06. The Morgan fingerprint density at radius 3 is 2.33 bits per heavy atom. The topological polar surface area (TPSA) is 79.2 Å². The van der Waals surface area contributed by atoms with Crippen molar-refractivity contribution in [2.75, 3.05) is 7.11 Å². The van der Waals surface area contributed by atoms with E-state index in [-0.39, 0.29) is 41.2 Å². The Morgan fingerprint density at radius 2 is 1.79 bits per heavy atom. The van der Waals surface area contributed by atoms with E-state index in [4.69, 9.17) is 4.74 Å². The van der Waals surface area contributed by atoms with Crippen molar-refractivity contribution in [1.82, 2.24) is 5.01 Å². The van der Waals surface area contributed by atoms with Crippen LogP contribution in [0.15, 0.2) is 35.5 Å². The molecule has 1 aromatic carbocycles. The molecule has 1 aliphatic heterocycles. The van der Waals surface area contributed by atoms with Gasteiger partial charge in [0.05, 0.1) is 25.2 Å². The Bertz CT molecular complexity index is 738. The molecule has 2 amide bonds. The number of hydrazone groups is 1. The molecule has 6 nitrogen and oxygen atoms in total. The lowest BCUT2D eigenvalue weighted by atomic mass is 9.63. The Labute approximate surface area is 139 Å². The molecule has 1 heterocycles. The van der Waals surface area contributed by atoms with E-state index in [9.17, 15) is 14.7 Å². The molecule has 0 spiro atoms. The number of methoxy groups -OCH3 is 1. The van der Waals surface area contributed by atoms with Crippen LogP contribution < -0.4 is 4.74 Å². The first-order valence-corrected chi connectivity index (χ1v) is 8.07. The van der Waals surface area contributed by atoms with E-state index in [0.29, 0.717) is 11.3 Å². The van der Waals surface area contributed by atoms with Crippen LogP contribution in [-0.2, 0) is 9.59 Å². The van der Waals surface area contributed by atoms with Gasteiger partial charge in [-0.05, 0) is 42.9 Å². The van der Waals surface area contributed by atoms with Crippen molar-refractivity contribution in [3.8, 4) is 11.5 Å². The standard InChI is InChI=1S/C18H18N2O4/c1-24-13-6-7-14(21)12(8-13)9-19-20-17(22)15-10-2-3-11(5-4-10)16(15)18(20)23/h2-3,6-11,15-16,21H,4-5H2,1H3/b19-9-/t10-,11-,15+,16+/m0/s1. The number of phenols is 1. The zero-order valence-electron chi connectivity index (χ0n) is 13.3. The lowest BCUT2D eigenvalue weighted by Gasteiger charge is -2.37. The van der Waals surface area contributed by atoms with Crippen LogP contribution in [0.3, 0.4) is 0 Å². The number of ether oxygens (including phenoxy) is 1. The fourth-order valence-corrected chi connectivity index (χ4v) is 4.06. The van der Waals surface area contributed by atoms with Crippen LogP contribution in [0, 0.1) is 23.7 Å². The van der Waals surface area contributed by atoms with Crippen molar-refractivity contribution >= 4 is 18.0 Å². The molecule has 4 aliphatic rings. The molecular weight excluding hydrogens is 308 g/mol. The van der Waals surface area contributed by atoms with Crippen molar-refractivity contribution in [2.45, 2.75) is 12.8 Å². The summed E-state index contributed by atoms with van der Waals surface area (Å²) in [6, 6.07) is 4.71. The van der Waals surface area contributed by atoms with Crippen molar-refractivity contribution in [1.29, 1.82) is 0 Å². The summed E-state index contributed by atoms with van der Waals surface area (Å²) >= 11 is 0. The average Bonchev–Trinajstić information content (AvgIpc) is 2.88. The van der Waals surface area contributed by atoms with Gasteiger partial charge in [-0.1, -0.05) is 12.2 Å². The van der Waals surface area contributed by atoms with Crippen LogP contribution in [0.25, 0.3) is 0 Å². The number of aromatic hydroxyl groups is 1. The maximum absolute atomic E-state index is 12.6. The van der Waals surface area contributed by atoms with E-state index in [1.807, 2.05) is 0 Å². The molecule has 0 radical (unpaired) electrons. The van der Waals surface area contributed by atoms with E-state index in [1.54, 1.807) is 12.1 Å². The number of nitrogens with zero attached hydrogens (tertiary/aromatic N) is 2.